The molecule has 0 unspecified atom stereocenters. The minimum absolute atomic E-state index is 0.197. The Morgan fingerprint density at radius 1 is 1.17 bits per heavy atom. The second-order valence-electron chi connectivity index (χ2n) is 6.01. The SMILES string of the molecule is CCCN1CC(Oc2cc(Br)ccc2OCc2cccc(F)c2)C1. The van der Waals surface area contributed by atoms with Crippen molar-refractivity contribution in [3.63, 3.8) is 0 Å². The molecule has 5 heteroatoms. The van der Waals surface area contributed by atoms with E-state index in [1.165, 1.54) is 12.1 Å². The molecule has 1 aliphatic heterocycles. The fraction of sp³-hybridized carbons (Fsp3) is 0.368. The highest BCUT2D eigenvalue weighted by molar-refractivity contribution is 9.10. The van der Waals surface area contributed by atoms with Crippen molar-refractivity contribution in [1.82, 2.24) is 4.90 Å². The summed E-state index contributed by atoms with van der Waals surface area (Å²) in [6, 6.07) is 12.1. The lowest BCUT2D eigenvalue weighted by Gasteiger charge is -2.39. The third-order valence-electron chi connectivity index (χ3n) is 3.95. The molecular formula is C19H21BrFNO2. The molecule has 2 aromatic carbocycles. The van der Waals surface area contributed by atoms with Gasteiger partial charge >= 0.3 is 0 Å². The molecule has 0 amide bonds. The maximum atomic E-state index is 13.3. The molecule has 3 nitrogen and oxygen atoms in total. The quantitative estimate of drug-likeness (QED) is 0.683. The van der Waals surface area contributed by atoms with Gasteiger partial charge in [0.1, 0.15) is 18.5 Å². The highest BCUT2D eigenvalue weighted by Crippen LogP contribution is 2.33. The molecule has 0 aliphatic carbocycles. The Kier molecular flexibility index (Phi) is 5.74. The van der Waals surface area contributed by atoms with Gasteiger partial charge < -0.3 is 9.47 Å². The zero-order chi connectivity index (χ0) is 16.9. The predicted octanol–water partition coefficient (Wildman–Crippen LogP) is 4.64. The van der Waals surface area contributed by atoms with Crippen molar-refractivity contribution in [2.24, 2.45) is 0 Å². The maximum Gasteiger partial charge on any atom is 0.162 e. The molecular weight excluding hydrogens is 373 g/mol. The van der Waals surface area contributed by atoms with Crippen LogP contribution in [0.2, 0.25) is 0 Å². The Balaban J connectivity index is 1.63. The molecule has 1 aliphatic rings. The van der Waals surface area contributed by atoms with Crippen LogP contribution in [0.15, 0.2) is 46.9 Å². The largest absolute Gasteiger partial charge is 0.485 e. The average molecular weight is 394 g/mol. The lowest BCUT2D eigenvalue weighted by Crippen LogP contribution is -2.53. The number of hydrogen-bond acceptors (Lipinski definition) is 3. The van der Waals surface area contributed by atoms with Gasteiger partial charge in [0.25, 0.3) is 0 Å². The van der Waals surface area contributed by atoms with Crippen LogP contribution in [0.4, 0.5) is 4.39 Å². The van der Waals surface area contributed by atoms with E-state index >= 15 is 0 Å². The number of halogens is 2. The molecule has 2 aromatic rings. The first-order valence-electron chi connectivity index (χ1n) is 8.20. The van der Waals surface area contributed by atoms with Crippen LogP contribution in [0.1, 0.15) is 18.9 Å². The lowest BCUT2D eigenvalue weighted by molar-refractivity contribution is 0.0181. The Bertz CT molecular complexity index is 689. The van der Waals surface area contributed by atoms with Crippen LogP contribution in [0.25, 0.3) is 0 Å². The number of benzene rings is 2. The smallest absolute Gasteiger partial charge is 0.162 e. The first-order valence-corrected chi connectivity index (χ1v) is 8.99. The Hall–Kier alpha value is -1.59. The summed E-state index contributed by atoms with van der Waals surface area (Å²) in [5.74, 6) is 1.15. The fourth-order valence-electron chi connectivity index (χ4n) is 2.76. The Morgan fingerprint density at radius 3 is 2.75 bits per heavy atom. The summed E-state index contributed by atoms with van der Waals surface area (Å²) < 4.78 is 26.1. The zero-order valence-electron chi connectivity index (χ0n) is 13.7. The van der Waals surface area contributed by atoms with E-state index in [2.05, 4.69) is 27.8 Å². The Labute approximate surface area is 150 Å². The highest BCUT2D eigenvalue weighted by atomic mass is 79.9. The molecule has 0 spiro atoms. The summed E-state index contributed by atoms with van der Waals surface area (Å²) in [7, 11) is 0. The number of hydrogen-bond donors (Lipinski definition) is 0. The van der Waals surface area contributed by atoms with E-state index < -0.39 is 0 Å². The third kappa shape index (κ3) is 4.48. The van der Waals surface area contributed by atoms with Crippen LogP contribution < -0.4 is 9.47 Å². The molecule has 0 aromatic heterocycles. The van der Waals surface area contributed by atoms with Crippen molar-refractivity contribution in [3.05, 3.63) is 58.3 Å². The van der Waals surface area contributed by atoms with Gasteiger partial charge in [0.2, 0.25) is 0 Å². The number of ether oxygens (including phenoxy) is 2. The van der Waals surface area contributed by atoms with Crippen molar-refractivity contribution in [2.45, 2.75) is 26.1 Å². The van der Waals surface area contributed by atoms with Crippen LogP contribution in [-0.2, 0) is 6.61 Å². The molecule has 1 saturated heterocycles. The molecule has 0 atom stereocenters. The molecule has 0 N–H and O–H groups in total. The van der Waals surface area contributed by atoms with E-state index in [0.29, 0.717) is 12.4 Å². The molecule has 3 rings (SSSR count). The summed E-state index contributed by atoms with van der Waals surface area (Å²) in [6.07, 6.45) is 1.35. The van der Waals surface area contributed by atoms with E-state index in [1.54, 1.807) is 6.07 Å². The Morgan fingerprint density at radius 2 is 2.00 bits per heavy atom. The highest BCUT2D eigenvalue weighted by Gasteiger charge is 2.28. The summed E-state index contributed by atoms with van der Waals surface area (Å²) in [5.41, 5.74) is 0.793. The van der Waals surface area contributed by atoms with Gasteiger partial charge in [0.05, 0.1) is 0 Å². The average Bonchev–Trinajstić information content (AvgIpc) is 2.52. The number of likely N-dealkylation sites (tertiary alicyclic amines) is 1. The molecule has 0 bridgehead atoms. The second kappa shape index (κ2) is 7.99. The molecule has 24 heavy (non-hydrogen) atoms. The normalized spacial score (nSPS) is 15.1. The first-order chi connectivity index (χ1) is 11.6. The molecule has 1 fully saturated rings. The minimum Gasteiger partial charge on any atom is -0.485 e. The van der Waals surface area contributed by atoms with Crippen molar-refractivity contribution < 1.29 is 13.9 Å². The summed E-state index contributed by atoms with van der Waals surface area (Å²) >= 11 is 3.47. The lowest BCUT2D eigenvalue weighted by atomic mass is 10.1. The van der Waals surface area contributed by atoms with Crippen molar-refractivity contribution in [3.8, 4) is 11.5 Å². The van der Waals surface area contributed by atoms with Gasteiger partial charge in [-0.2, -0.15) is 0 Å². The fourth-order valence-corrected chi connectivity index (χ4v) is 3.10. The van der Waals surface area contributed by atoms with Gasteiger partial charge in [-0.15, -0.1) is 0 Å². The van der Waals surface area contributed by atoms with Gasteiger partial charge in [-0.3, -0.25) is 4.90 Å². The molecule has 1 heterocycles. The number of rotatable bonds is 7. The van der Waals surface area contributed by atoms with Crippen molar-refractivity contribution in [2.75, 3.05) is 19.6 Å². The first kappa shape index (κ1) is 17.2. The monoisotopic (exact) mass is 393 g/mol. The van der Waals surface area contributed by atoms with E-state index in [4.69, 9.17) is 9.47 Å². The van der Waals surface area contributed by atoms with Gasteiger partial charge in [0, 0.05) is 17.6 Å². The summed E-state index contributed by atoms with van der Waals surface area (Å²) in [5, 5.41) is 0. The van der Waals surface area contributed by atoms with Crippen LogP contribution in [-0.4, -0.2) is 30.6 Å². The molecule has 0 radical (unpaired) electrons. The minimum atomic E-state index is -0.256. The van der Waals surface area contributed by atoms with Gasteiger partial charge in [0.15, 0.2) is 11.5 Å². The van der Waals surface area contributed by atoms with E-state index in [9.17, 15) is 4.39 Å². The standard InChI is InChI=1S/C19H21BrFNO2/c1-2-8-22-11-17(12-22)24-19-10-15(20)6-7-18(19)23-13-14-4-3-5-16(21)9-14/h3-7,9-10,17H,2,8,11-13H2,1H3. The summed E-state index contributed by atoms with van der Waals surface area (Å²) in [4.78, 5) is 2.37. The third-order valence-corrected chi connectivity index (χ3v) is 4.44. The van der Waals surface area contributed by atoms with E-state index in [1.807, 2.05) is 24.3 Å². The van der Waals surface area contributed by atoms with Crippen molar-refractivity contribution in [1.29, 1.82) is 0 Å². The van der Waals surface area contributed by atoms with Crippen molar-refractivity contribution >= 4 is 15.9 Å². The van der Waals surface area contributed by atoms with E-state index in [-0.39, 0.29) is 11.9 Å². The van der Waals surface area contributed by atoms with Gasteiger partial charge in [-0.1, -0.05) is 35.0 Å². The van der Waals surface area contributed by atoms with E-state index in [0.717, 1.165) is 41.8 Å². The number of nitrogens with zero attached hydrogens (tertiary/aromatic N) is 1. The van der Waals surface area contributed by atoms with Crippen LogP contribution in [0.3, 0.4) is 0 Å². The second-order valence-corrected chi connectivity index (χ2v) is 6.92. The maximum absolute atomic E-state index is 13.3. The van der Waals surface area contributed by atoms with Gasteiger partial charge in [-0.05, 0) is 48.9 Å². The van der Waals surface area contributed by atoms with Crippen LogP contribution in [0.5, 0.6) is 11.5 Å². The van der Waals surface area contributed by atoms with Crippen LogP contribution in [0, 0.1) is 5.82 Å². The van der Waals surface area contributed by atoms with Gasteiger partial charge in [-0.25, -0.2) is 4.39 Å². The zero-order valence-corrected chi connectivity index (χ0v) is 15.3. The summed E-state index contributed by atoms with van der Waals surface area (Å²) in [6.45, 7) is 5.50. The molecule has 0 saturated carbocycles. The topological polar surface area (TPSA) is 21.7 Å². The molecule has 128 valence electrons. The predicted molar refractivity (Wildman–Crippen MR) is 96.0 cm³/mol. The van der Waals surface area contributed by atoms with Crippen LogP contribution >= 0.6 is 15.9 Å².